The largest absolute Gasteiger partial charge is 0.481 e. The van der Waals surface area contributed by atoms with Crippen LogP contribution in [0.25, 0.3) is 0 Å². The van der Waals surface area contributed by atoms with E-state index in [-0.39, 0.29) is 12.3 Å². The van der Waals surface area contributed by atoms with Gasteiger partial charge >= 0.3 is 5.97 Å². The number of pyridine rings is 1. The van der Waals surface area contributed by atoms with Crippen LogP contribution in [0.1, 0.15) is 37.6 Å². The number of rotatable bonds is 5. The van der Waals surface area contributed by atoms with Crippen molar-refractivity contribution in [2.45, 2.75) is 39.7 Å². The fraction of sp³-hybridized carbons (Fsp3) is 0.625. The lowest BCUT2D eigenvalue weighted by Crippen LogP contribution is -2.38. The van der Waals surface area contributed by atoms with E-state index in [1.54, 1.807) is 0 Å². The zero-order valence-corrected chi connectivity index (χ0v) is 12.4. The molecule has 20 heavy (non-hydrogen) atoms. The van der Waals surface area contributed by atoms with Crippen LogP contribution in [-0.2, 0) is 11.3 Å². The third kappa shape index (κ3) is 4.30. The molecule has 2 unspecified atom stereocenters. The van der Waals surface area contributed by atoms with Crippen molar-refractivity contribution in [3.63, 3.8) is 0 Å². The van der Waals surface area contributed by atoms with Crippen molar-refractivity contribution in [2.24, 2.45) is 11.8 Å². The number of aromatic nitrogens is 1. The van der Waals surface area contributed by atoms with Crippen LogP contribution >= 0.6 is 0 Å². The van der Waals surface area contributed by atoms with Crippen LogP contribution in [0.2, 0.25) is 0 Å². The van der Waals surface area contributed by atoms with E-state index in [4.69, 9.17) is 5.11 Å². The van der Waals surface area contributed by atoms with Gasteiger partial charge in [0.25, 0.3) is 0 Å². The standard InChI is InChI=1S/C16H24N2O2/c1-12(9-16(19)20)14-6-4-8-18(10-14)11-15-7-3-5-13(2)17-15/h3,5,7,12,14H,4,6,8-11H2,1-2H3,(H,19,20). The molecule has 0 spiro atoms. The Kier molecular flexibility index (Phi) is 5.12. The van der Waals surface area contributed by atoms with Gasteiger partial charge in [-0.15, -0.1) is 0 Å². The molecule has 4 heteroatoms. The summed E-state index contributed by atoms with van der Waals surface area (Å²) in [4.78, 5) is 17.8. The van der Waals surface area contributed by atoms with E-state index in [0.29, 0.717) is 5.92 Å². The fourth-order valence-corrected chi connectivity index (χ4v) is 3.06. The maximum Gasteiger partial charge on any atom is 0.303 e. The topological polar surface area (TPSA) is 53.4 Å². The Morgan fingerprint density at radius 3 is 3.05 bits per heavy atom. The van der Waals surface area contributed by atoms with E-state index >= 15 is 0 Å². The molecule has 0 aromatic carbocycles. The molecule has 2 atom stereocenters. The SMILES string of the molecule is Cc1cccc(CN2CCCC(C(C)CC(=O)O)C2)n1. The minimum atomic E-state index is -0.685. The summed E-state index contributed by atoms with van der Waals surface area (Å²) in [7, 11) is 0. The number of piperidine rings is 1. The molecule has 1 aromatic heterocycles. The van der Waals surface area contributed by atoms with E-state index in [1.165, 1.54) is 0 Å². The summed E-state index contributed by atoms with van der Waals surface area (Å²) >= 11 is 0. The minimum Gasteiger partial charge on any atom is -0.481 e. The van der Waals surface area contributed by atoms with Crippen molar-refractivity contribution in [3.8, 4) is 0 Å². The molecule has 1 fully saturated rings. The molecule has 1 aliphatic rings. The molecule has 0 saturated carbocycles. The Morgan fingerprint density at radius 2 is 2.35 bits per heavy atom. The van der Waals surface area contributed by atoms with Crippen LogP contribution in [0.3, 0.4) is 0 Å². The molecule has 2 rings (SSSR count). The predicted octanol–water partition coefficient (Wildman–Crippen LogP) is 2.71. The van der Waals surface area contributed by atoms with Gasteiger partial charge in [0.1, 0.15) is 0 Å². The molecule has 0 radical (unpaired) electrons. The average Bonchev–Trinajstić information content (AvgIpc) is 2.38. The van der Waals surface area contributed by atoms with Crippen LogP contribution < -0.4 is 0 Å². The Hall–Kier alpha value is -1.42. The third-order valence-corrected chi connectivity index (χ3v) is 4.17. The number of hydrogen-bond acceptors (Lipinski definition) is 3. The summed E-state index contributed by atoms with van der Waals surface area (Å²) in [5.41, 5.74) is 2.16. The Morgan fingerprint density at radius 1 is 1.55 bits per heavy atom. The summed E-state index contributed by atoms with van der Waals surface area (Å²) in [6.07, 6.45) is 2.58. The maximum atomic E-state index is 10.8. The van der Waals surface area contributed by atoms with Gasteiger partial charge in [-0.05, 0) is 50.3 Å². The molecule has 4 nitrogen and oxygen atoms in total. The predicted molar refractivity (Wildman–Crippen MR) is 78.4 cm³/mol. The molecule has 0 aliphatic carbocycles. The fourth-order valence-electron chi connectivity index (χ4n) is 3.06. The highest BCUT2D eigenvalue weighted by atomic mass is 16.4. The van der Waals surface area contributed by atoms with Crippen molar-refractivity contribution < 1.29 is 9.90 Å². The highest BCUT2D eigenvalue weighted by Crippen LogP contribution is 2.26. The van der Waals surface area contributed by atoms with Gasteiger partial charge in [0.2, 0.25) is 0 Å². The summed E-state index contributed by atoms with van der Waals surface area (Å²) in [6.45, 7) is 7.03. The van der Waals surface area contributed by atoms with Gasteiger partial charge in [-0.2, -0.15) is 0 Å². The van der Waals surface area contributed by atoms with Crippen molar-refractivity contribution >= 4 is 5.97 Å². The van der Waals surface area contributed by atoms with Crippen molar-refractivity contribution in [1.82, 2.24) is 9.88 Å². The molecular formula is C16H24N2O2. The normalized spacial score (nSPS) is 21.6. The first-order valence-electron chi connectivity index (χ1n) is 7.41. The first-order chi connectivity index (χ1) is 9.54. The van der Waals surface area contributed by atoms with E-state index in [1.807, 2.05) is 19.1 Å². The van der Waals surface area contributed by atoms with Crippen molar-refractivity contribution in [1.29, 1.82) is 0 Å². The van der Waals surface area contributed by atoms with Gasteiger partial charge in [0.05, 0.1) is 5.69 Å². The molecule has 1 aliphatic heterocycles. The summed E-state index contributed by atoms with van der Waals surface area (Å²) in [6, 6.07) is 6.13. The van der Waals surface area contributed by atoms with Crippen LogP contribution in [0.15, 0.2) is 18.2 Å². The third-order valence-electron chi connectivity index (χ3n) is 4.17. The second-order valence-corrected chi connectivity index (χ2v) is 5.98. The monoisotopic (exact) mass is 276 g/mol. The van der Waals surface area contributed by atoms with Crippen LogP contribution in [0.4, 0.5) is 0 Å². The van der Waals surface area contributed by atoms with Crippen molar-refractivity contribution in [3.05, 3.63) is 29.6 Å². The highest BCUT2D eigenvalue weighted by Gasteiger charge is 2.26. The van der Waals surface area contributed by atoms with E-state index in [9.17, 15) is 4.79 Å². The van der Waals surface area contributed by atoms with Gasteiger partial charge in [0, 0.05) is 25.2 Å². The van der Waals surface area contributed by atoms with Crippen molar-refractivity contribution in [2.75, 3.05) is 13.1 Å². The van der Waals surface area contributed by atoms with E-state index < -0.39 is 5.97 Å². The number of hydrogen-bond donors (Lipinski definition) is 1. The molecule has 2 heterocycles. The highest BCUT2D eigenvalue weighted by molar-refractivity contribution is 5.67. The lowest BCUT2D eigenvalue weighted by atomic mass is 9.84. The van der Waals surface area contributed by atoms with Gasteiger partial charge in [-0.25, -0.2) is 0 Å². The minimum absolute atomic E-state index is 0.251. The van der Waals surface area contributed by atoms with Crippen LogP contribution in [0, 0.1) is 18.8 Å². The summed E-state index contributed by atoms with van der Waals surface area (Å²) in [5.74, 6) is 0.0559. The molecule has 1 saturated heterocycles. The van der Waals surface area contributed by atoms with Gasteiger partial charge in [-0.1, -0.05) is 13.0 Å². The van der Waals surface area contributed by atoms with Crippen LogP contribution in [0.5, 0.6) is 0 Å². The number of nitrogens with zero attached hydrogens (tertiary/aromatic N) is 2. The van der Waals surface area contributed by atoms with Gasteiger partial charge < -0.3 is 5.11 Å². The number of carboxylic acids is 1. The smallest absolute Gasteiger partial charge is 0.303 e. The number of likely N-dealkylation sites (tertiary alicyclic amines) is 1. The zero-order chi connectivity index (χ0) is 14.5. The molecule has 0 amide bonds. The van der Waals surface area contributed by atoms with Gasteiger partial charge in [0.15, 0.2) is 0 Å². The first-order valence-corrected chi connectivity index (χ1v) is 7.41. The number of carboxylic acid groups (broad SMARTS) is 1. The Balaban J connectivity index is 1.91. The lowest BCUT2D eigenvalue weighted by Gasteiger charge is -2.35. The van der Waals surface area contributed by atoms with Crippen LogP contribution in [-0.4, -0.2) is 34.0 Å². The second-order valence-electron chi connectivity index (χ2n) is 5.98. The summed E-state index contributed by atoms with van der Waals surface area (Å²) in [5, 5.41) is 8.92. The Labute approximate surface area is 120 Å². The van der Waals surface area contributed by atoms with E-state index in [0.717, 1.165) is 43.9 Å². The molecular weight excluding hydrogens is 252 g/mol. The number of aryl methyl sites for hydroxylation is 1. The Bertz CT molecular complexity index is 462. The zero-order valence-electron chi connectivity index (χ0n) is 12.4. The molecule has 1 N–H and O–H groups in total. The molecule has 1 aromatic rings. The lowest BCUT2D eigenvalue weighted by molar-refractivity contribution is -0.138. The van der Waals surface area contributed by atoms with E-state index in [2.05, 4.69) is 22.9 Å². The maximum absolute atomic E-state index is 10.8. The summed E-state index contributed by atoms with van der Waals surface area (Å²) < 4.78 is 0. The second kappa shape index (κ2) is 6.84. The average molecular weight is 276 g/mol. The number of carbonyl (C=O) groups is 1. The van der Waals surface area contributed by atoms with Gasteiger partial charge in [-0.3, -0.25) is 14.7 Å². The molecule has 110 valence electrons. The number of aliphatic carboxylic acids is 1. The first kappa shape index (κ1) is 15.0. The quantitative estimate of drug-likeness (QED) is 0.898. The molecule has 0 bridgehead atoms.